The number of fused-ring (bicyclic) bond motifs is 1. The number of amides is 1. The van der Waals surface area contributed by atoms with Crippen LogP contribution in [0.4, 0.5) is 5.69 Å². The Kier molecular flexibility index (Phi) is 8.01. The molecule has 0 fully saturated rings. The predicted molar refractivity (Wildman–Crippen MR) is 130 cm³/mol. The van der Waals surface area contributed by atoms with Gasteiger partial charge in [-0.1, -0.05) is 43.1 Å². The Labute approximate surface area is 199 Å². The van der Waals surface area contributed by atoms with Crippen molar-refractivity contribution in [2.24, 2.45) is 5.92 Å². The standard InChI is InChI=1S/C24H27Cl4NO/c1-13-7-21-16(11-22(13)29-23(30)8-14(2)24(27)28)5-4-6-20(21)15(3)17-9-18(25)12-19(26)10-17/h7,9-12,14-15,20,24H,4-6,8H2,1-3H3,(H,29,30). The normalized spacial score (nSPS) is 18.1. The van der Waals surface area contributed by atoms with E-state index in [1.165, 1.54) is 11.1 Å². The van der Waals surface area contributed by atoms with Crippen LogP contribution in [0.25, 0.3) is 0 Å². The molecule has 6 heteroatoms. The number of halogens is 4. The lowest BCUT2D eigenvalue weighted by Gasteiger charge is -2.32. The molecule has 3 rings (SSSR count). The summed E-state index contributed by atoms with van der Waals surface area (Å²) in [5.74, 6) is 0.525. The maximum absolute atomic E-state index is 12.4. The number of anilines is 1. The van der Waals surface area contributed by atoms with Gasteiger partial charge in [0.1, 0.15) is 4.84 Å². The van der Waals surface area contributed by atoms with E-state index in [2.05, 4.69) is 24.4 Å². The SMILES string of the molecule is Cc1cc2c(cc1NC(=O)CC(C)C(Cl)Cl)CCCC2C(C)c1cc(Cl)cc(Cl)c1. The highest BCUT2D eigenvalue weighted by Gasteiger charge is 2.28. The zero-order valence-electron chi connectivity index (χ0n) is 17.4. The van der Waals surface area contributed by atoms with E-state index in [1.54, 1.807) is 6.07 Å². The number of benzene rings is 2. The van der Waals surface area contributed by atoms with Gasteiger partial charge in [0, 0.05) is 22.2 Å². The number of alkyl halides is 2. The molecule has 1 aliphatic carbocycles. The summed E-state index contributed by atoms with van der Waals surface area (Å²) >= 11 is 24.3. The highest BCUT2D eigenvalue weighted by atomic mass is 35.5. The third kappa shape index (κ3) is 5.65. The molecule has 0 saturated heterocycles. The summed E-state index contributed by atoms with van der Waals surface area (Å²) in [6, 6.07) is 10.2. The van der Waals surface area contributed by atoms with Crippen LogP contribution in [-0.2, 0) is 11.2 Å². The second-order valence-corrected chi connectivity index (χ2v) is 10.5. The van der Waals surface area contributed by atoms with E-state index in [-0.39, 0.29) is 11.8 Å². The lowest BCUT2D eigenvalue weighted by atomic mass is 9.73. The molecule has 0 bridgehead atoms. The molecule has 0 spiro atoms. The third-order valence-electron chi connectivity index (χ3n) is 6.07. The summed E-state index contributed by atoms with van der Waals surface area (Å²) < 4.78 is 0. The summed E-state index contributed by atoms with van der Waals surface area (Å²) in [7, 11) is 0. The Hall–Kier alpha value is -0.930. The number of rotatable bonds is 6. The van der Waals surface area contributed by atoms with Crippen LogP contribution in [0.5, 0.6) is 0 Å². The van der Waals surface area contributed by atoms with E-state index in [1.807, 2.05) is 26.0 Å². The van der Waals surface area contributed by atoms with Gasteiger partial charge in [0.15, 0.2) is 0 Å². The van der Waals surface area contributed by atoms with Crippen molar-refractivity contribution in [3.8, 4) is 0 Å². The minimum absolute atomic E-state index is 0.0638. The first-order valence-corrected chi connectivity index (χ1v) is 12.0. The van der Waals surface area contributed by atoms with Gasteiger partial charge in [-0.2, -0.15) is 0 Å². The van der Waals surface area contributed by atoms with E-state index in [4.69, 9.17) is 46.4 Å². The van der Waals surface area contributed by atoms with Crippen LogP contribution < -0.4 is 5.32 Å². The average molecular weight is 487 g/mol. The lowest BCUT2D eigenvalue weighted by molar-refractivity contribution is -0.116. The van der Waals surface area contributed by atoms with Crippen LogP contribution in [0.3, 0.4) is 0 Å². The molecule has 3 unspecified atom stereocenters. The van der Waals surface area contributed by atoms with Gasteiger partial charge in [-0.05, 0) is 90.5 Å². The van der Waals surface area contributed by atoms with Crippen molar-refractivity contribution in [2.45, 2.75) is 63.1 Å². The number of carbonyl (C=O) groups excluding carboxylic acids is 1. The summed E-state index contributed by atoms with van der Waals surface area (Å²) in [5, 5.41) is 4.38. The molecule has 3 atom stereocenters. The van der Waals surface area contributed by atoms with Gasteiger partial charge in [0.05, 0.1) is 0 Å². The first-order valence-electron chi connectivity index (χ1n) is 10.3. The van der Waals surface area contributed by atoms with Crippen molar-refractivity contribution in [1.82, 2.24) is 0 Å². The second kappa shape index (κ2) is 10.1. The fourth-order valence-electron chi connectivity index (χ4n) is 4.31. The molecule has 2 aromatic rings. The molecule has 2 aromatic carbocycles. The van der Waals surface area contributed by atoms with Gasteiger partial charge in [0.2, 0.25) is 5.91 Å². The molecule has 0 heterocycles. The highest BCUT2D eigenvalue weighted by molar-refractivity contribution is 6.44. The lowest BCUT2D eigenvalue weighted by Crippen LogP contribution is -2.20. The zero-order chi connectivity index (χ0) is 22.0. The molecule has 1 amide bonds. The first kappa shape index (κ1) is 23.7. The van der Waals surface area contributed by atoms with Gasteiger partial charge in [-0.3, -0.25) is 4.79 Å². The van der Waals surface area contributed by atoms with Gasteiger partial charge in [0.25, 0.3) is 0 Å². The molecule has 1 aliphatic rings. The van der Waals surface area contributed by atoms with Crippen LogP contribution in [0, 0.1) is 12.8 Å². The van der Waals surface area contributed by atoms with E-state index in [9.17, 15) is 4.79 Å². The summed E-state index contributed by atoms with van der Waals surface area (Å²) in [5.41, 5.74) is 5.74. The molecule has 0 radical (unpaired) electrons. The van der Waals surface area contributed by atoms with Gasteiger partial charge in [-0.15, -0.1) is 23.2 Å². The molecule has 0 aliphatic heterocycles. The fraction of sp³-hybridized carbons (Fsp3) is 0.458. The predicted octanol–water partition coefficient (Wildman–Crippen LogP) is 8.29. The molecule has 1 N–H and O–H groups in total. The van der Waals surface area contributed by atoms with Gasteiger partial charge in [-0.25, -0.2) is 0 Å². The van der Waals surface area contributed by atoms with Crippen LogP contribution in [0.15, 0.2) is 30.3 Å². The first-order chi connectivity index (χ1) is 14.2. The van der Waals surface area contributed by atoms with Crippen molar-refractivity contribution in [1.29, 1.82) is 0 Å². The molecule has 162 valence electrons. The van der Waals surface area contributed by atoms with Crippen molar-refractivity contribution in [3.05, 3.63) is 62.6 Å². The maximum Gasteiger partial charge on any atom is 0.224 e. The maximum atomic E-state index is 12.4. The Balaban J connectivity index is 1.84. The van der Waals surface area contributed by atoms with Crippen molar-refractivity contribution < 1.29 is 4.79 Å². The highest BCUT2D eigenvalue weighted by Crippen LogP contribution is 2.44. The Morgan fingerprint density at radius 3 is 2.40 bits per heavy atom. The van der Waals surface area contributed by atoms with Crippen molar-refractivity contribution in [3.63, 3.8) is 0 Å². The molecular weight excluding hydrogens is 460 g/mol. The molecule has 30 heavy (non-hydrogen) atoms. The van der Waals surface area contributed by atoms with Crippen LogP contribution >= 0.6 is 46.4 Å². The summed E-state index contributed by atoms with van der Waals surface area (Å²) in [4.78, 5) is 11.9. The minimum Gasteiger partial charge on any atom is -0.326 e. The van der Waals surface area contributed by atoms with E-state index >= 15 is 0 Å². The molecular formula is C24H27Cl4NO. The monoisotopic (exact) mass is 485 g/mol. The smallest absolute Gasteiger partial charge is 0.224 e. The molecule has 0 aromatic heterocycles. The third-order valence-corrected chi connectivity index (χ3v) is 7.37. The number of aryl methyl sites for hydroxylation is 2. The van der Waals surface area contributed by atoms with Crippen LogP contribution in [-0.4, -0.2) is 10.7 Å². The van der Waals surface area contributed by atoms with E-state index in [0.717, 1.165) is 36.1 Å². The molecule has 2 nitrogen and oxygen atoms in total. The number of carbonyl (C=O) groups is 1. The Morgan fingerprint density at radius 2 is 1.77 bits per heavy atom. The average Bonchev–Trinajstić information content (AvgIpc) is 2.66. The number of hydrogen-bond donors (Lipinski definition) is 1. The van der Waals surface area contributed by atoms with Crippen molar-refractivity contribution >= 4 is 58.0 Å². The van der Waals surface area contributed by atoms with E-state index < -0.39 is 4.84 Å². The van der Waals surface area contributed by atoms with E-state index in [0.29, 0.717) is 28.3 Å². The summed E-state index contributed by atoms with van der Waals surface area (Å²) in [6.45, 7) is 6.15. The Morgan fingerprint density at radius 1 is 1.10 bits per heavy atom. The minimum atomic E-state index is -0.553. The zero-order valence-corrected chi connectivity index (χ0v) is 20.5. The fourth-order valence-corrected chi connectivity index (χ4v) is 5.03. The van der Waals surface area contributed by atoms with Crippen LogP contribution in [0.2, 0.25) is 10.0 Å². The largest absolute Gasteiger partial charge is 0.326 e. The van der Waals surface area contributed by atoms with Crippen LogP contribution in [0.1, 0.15) is 67.2 Å². The number of nitrogens with one attached hydrogen (secondary N) is 1. The topological polar surface area (TPSA) is 29.1 Å². The Bertz CT molecular complexity index is 907. The quantitative estimate of drug-likeness (QED) is 0.408. The van der Waals surface area contributed by atoms with Crippen molar-refractivity contribution in [2.75, 3.05) is 5.32 Å². The number of hydrogen-bond acceptors (Lipinski definition) is 1. The summed E-state index contributed by atoms with van der Waals surface area (Å²) in [6.07, 6.45) is 3.54. The van der Waals surface area contributed by atoms with Gasteiger partial charge >= 0.3 is 0 Å². The molecule has 0 saturated carbocycles. The second-order valence-electron chi connectivity index (χ2n) is 8.42. The van der Waals surface area contributed by atoms with Gasteiger partial charge < -0.3 is 5.32 Å².